The number of para-hydroxylation sites is 1. The van der Waals surface area contributed by atoms with Gasteiger partial charge >= 0.3 is 0 Å². The third kappa shape index (κ3) is 4.27. The third-order valence-corrected chi connectivity index (χ3v) is 7.78. The summed E-state index contributed by atoms with van der Waals surface area (Å²) in [6, 6.07) is 14.6. The van der Waals surface area contributed by atoms with Crippen LogP contribution in [0.25, 0.3) is 0 Å². The lowest BCUT2D eigenvalue weighted by molar-refractivity contribution is -0.128. The predicted octanol–water partition coefficient (Wildman–Crippen LogP) is 5.01. The van der Waals surface area contributed by atoms with Gasteiger partial charge in [-0.15, -0.1) is 11.8 Å². The van der Waals surface area contributed by atoms with Crippen LogP contribution in [-0.2, 0) is 16.1 Å². The van der Waals surface area contributed by atoms with E-state index in [4.69, 9.17) is 0 Å². The van der Waals surface area contributed by atoms with Gasteiger partial charge in [-0.05, 0) is 49.9 Å². The highest BCUT2D eigenvalue weighted by Crippen LogP contribution is 2.42. The quantitative estimate of drug-likeness (QED) is 0.737. The monoisotopic (exact) mass is 422 g/mol. The first-order chi connectivity index (χ1) is 14.4. The van der Waals surface area contributed by atoms with Crippen LogP contribution in [0.3, 0.4) is 0 Å². The van der Waals surface area contributed by atoms with Gasteiger partial charge in [-0.3, -0.25) is 9.59 Å². The molecule has 2 aromatic carbocycles. The number of hydrogen-bond acceptors (Lipinski definition) is 3. The molecule has 2 aromatic rings. The van der Waals surface area contributed by atoms with Crippen molar-refractivity contribution in [3.8, 4) is 0 Å². The normalized spacial score (nSPS) is 20.2. The molecule has 0 unspecified atom stereocenters. The molecule has 1 saturated carbocycles. The zero-order valence-electron chi connectivity index (χ0n) is 18.0. The van der Waals surface area contributed by atoms with Crippen molar-refractivity contribution in [2.24, 2.45) is 5.92 Å². The van der Waals surface area contributed by atoms with E-state index in [1.807, 2.05) is 30.0 Å². The first-order valence-electron chi connectivity index (χ1n) is 10.9. The molecule has 2 aliphatic rings. The second-order valence-electron chi connectivity index (χ2n) is 8.64. The van der Waals surface area contributed by atoms with E-state index >= 15 is 0 Å². The molecule has 0 saturated heterocycles. The highest BCUT2D eigenvalue weighted by atomic mass is 32.2. The summed E-state index contributed by atoms with van der Waals surface area (Å²) in [6.07, 6.45) is 4.44. The molecule has 0 bridgehead atoms. The maximum Gasteiger partial charge on any atom is 0.241 e. The first-order valence-corrected chi connectivity index (χ1v) is 11.8. The number of fused-ring (bicyclic) bond motifs is 1. The Kier molecular flexibility index (Phi) is 6.19. The van der Waals surface area contributed by atoms with E-state index in [-0.39, 0.29) is 23.8 Å². The fourth-order valence-corrected chi connectivity index (χ4v) is 5.69. The van der Waals surface area contributed by atoms with Gasteiger partial charge in [0.25, 0.3) is 0 Å². The molecule has 1 fully saturated rings. The van der Waals surface area contributed by atoms with E-state index < -0.39 is 5.25 Å². The van der Waals surface area contributed by atoms with Gasteiger partial charge < -0.3 is 10.2 Å². The molecule has 2 amide bonds. The van der Waals surface area contributed by atoms with Crippen LogP contribution >= 0.6 is 11.8 Å². The summed E-state index contributed by atoms with van der Waals surface area (Å²) < 4.78 is 0. The molecule has 1 N–H and O–H groups in total. The summed E-state index contributed by atoms with van der Waals surface area (Å²) in [6.45, 7) is 6.57. The highest BCUT2D eigenvalue weighted by Gasteiger charge is 2.40. The second-order valence-corrected chi connectivity index (χ2v) is 9.82. The molecule has 30 heavy (non-hydrogen) atoms. The van der Waals surface area contributed by atoms with Gasteiger partial charge in [-0.1, -0.05) is 55.7 Å². The summed E-state index contributed by atoms with van der Waals surface area (Å²) >= 11 is 1.53. The van der Waals surface area contributed by atoms with Gasteiger partial charge in [-0.2, -0.15) is 0 Å². The number of carbonyl (C=O) groups is 2. The third-order valence-electron chi connectivity index (χ3n) is 6.32. The van der Waals surface area contributed by atoms with Crippen molar-refractivity contribution in [3.05, 3.63) is 59.2 Å². The number of aryl methyl sites for hydroxylation is 2. The Balaban J connectivity index is 1.60. The van der Waals surface area contributed by atoms with Crippen LogP contribution < -0.4 is 10.2 Å². The van der Waals surface area contributed by atoms with Crippen LogP contribution in [0.1, 0.15) is 49.3 Å². The predicted molar refractivity (Wildman–Crippen MR) is 123 cm³/mol. The molecule has 0 spiro atoms. The molecule has 1 aliphatic heterocycles. The molecule has 1 heterocycles. The van der Waals surface area contributed by atoms with Gasteiger partial charge in [0, 0.05) is 10.9 Å². The summed E-state index contributed by atoms with van der Waals surface area (Å²) in [4.78, 5) is 29.5. The number of rotatable bonds is 5. The minimum absolute atomic E-state index is 0.00110. The molecule has 4 nitrogen and oxygen atoms in total. The Morgan fingerprint density at radius 2 is 1.90 bits per heavy atom. The number of thioether (sulfide) groups is 1. The van der Waals surface area contributed by atoms with Crippen molar-refractivity contribution in [3.63, 3.8) is 0 Å². The Morgan fingerprint density at radius 1 is 1.17 bits per heavy atom. The molecular weight excluding hydrogens is 392 g/mol. The number of nitrogens with zero attached hydrogens (tertiary/aromatic N) is 1. The average molecular weight is 423 g/mol. The van der Waals surface area contributed by atoms with Gasteiger partial charge in [0.15, 0.2) is 0 Å². The fraction of sp³-hybridized carbons (Fsp3) is 0.440. The Bertz CT molecular complexity index is 952. The molecule has 1 aliphatic carbocycles. The van der Waals surface area contributed by atoms with E-state index in [1.165, 1.54) is 35.7 Å². The number of anilines is 1. The summed E-state index contributed by atoms with van der Waals surface area (Å²) in [5.41, 5.74) is 4.44. The van der Waals surface area contributed by atoms with E-state index in [1.54, 1.807) is 0 Å². The number of nitrogens with one attached hydrogen (secondary N) is 1. The van der Waals surface area contributed by atoms with Crippen molar-refractivity contribution in [1.29, 1.82) is 0 Å². The second kappa shape index (κ2) is 8.84. The van der Waals surface area contributed by atoms with Gasteiger partial charge in [0.1, 0.15) is 5.25 Å². The summed E-state index contributed by atoms with van der Waals surface area (Å²) in [5.74, 6) is -0.356. The van der Waals surface area contributed by atoms with E-state index in [0.717, 1.165) is 29.0 Å². The maximum absolute atomic E-state index is 13.6. The molecule has 2 atom stereocenters. The average Bonchev–Trinajstić information content (AvgIpc) is 3.25. The molecule has 4 rings (SSSR count). The van der Waals surface area contributed by atoms with Gasteiger partial charge in [0.05, 0.1) is 18.2 Å². The number of carbonyl (C=O) groups excluding carboxylic acids is 2. The zero-order valence-corrected chi connectivity index (χ0v) is 18.8. The lowest BCUT2D eigenvalue weighted by atomic mass is 10.0. The van der Waals surface area contributed by atoms with E-state index in [2.05, 4.69) is 43.4 Å². The van der Waals surface area contributed by atoms with Gasteiger partial charge in [0.2, 0.25) is 11.8 Å². The minimum Gasteiger partial charge on any atom is -0.353 e. The Morgan fingerprint density at radius 3 is 2.67 bits per heavy atom. The van der Waals surface area contributed by atoms with Crippen LogP contribution in [0.4, 0.5) is 5.69 Å². The van der Waals surface area contributed by atoms with E-state index in [9.17, 15) is 9.59 Å². The van der Waals surface area contributed by atoms with Crippen LogP contribution in [0, 0.1) is 19.8 Å². The number of hydrogen-bond donors (Lipinski definition) is 1. The topological polar surface area (TPSA) is 49.4 Å². The van der Waals surface area contributed by atoms with Crippen molar-refractivity contribution < 1.29 is 9.59 Å². The first kappa shape index (κ1) is 21.0. The molecule has 158 valence electrons. The number of benzene rings is 2. The van der Waals surface area contributed by atoms with Crippen molar-refractivity contribution in [2.45, 2.75) is 69.2 Å². The largest absolute Gasteiger partial charge is 0.353 e. The molecule has 0 radical (unpaired) electrons. The smallest absolute Gasteiger partial charge is 0.241 e. The zero-order chi connectivity index (χ0) is 21.3. The lowest BCUT2D eigenvalue weighted by Crippen LogP contribution is -2.48. The van der Waals surface area contributed by atoms with Crippen LogP contribution in [0.2, 0.25) is 0 Å². The molecule has 5 heteroatoms. The minimum atomic E-state index is -0.411. The fourth-order valence-electron chi connectivity index (χ4n) is 4.40. The maximum atomic E-state index is 13.6. The van der Waals surface area contributed by atoms with Crippen LogP contribution in [-0.4, -0.2) is 23.1 Å². The Labute approximate surface area is 183 Å². The SMILES string of the molecule is Cc1ccc(C)c(CN2C(=O)[C@H]([C@H](C)C(=O)NC3CCCC3)Sc3ccccc32)c1. The van der Waals surface area contributed by atoms with Crippen molar-refractivity contribution in [2.75, 3.05) is 4.90 Å². The lowest BCUT2D eigenvalue weighted by Gasteiger charge is -2.36. The Hall–Kier alpha value is -2.27. The molecular formula is C25H30N2O2S. The van der Waals surface area contributed by atoms with Crippen molar-refractivity contribution >= 4 is 29.3 Å². The van der Waals surface area contributed by atoms with E-state index in [0.29, 0.717) is 6.54 Å². The standard InChI is InChI=1S/C25H30N2O2S/c1-16-12-13-17(2)19(14-16)15-27-21-10-6-7-11-22(21)30-23(25(27)29)18(3)24(28)26-20-8-4-5-9-20/h6-7,10-14,18,20,23H,4-5,8-9,15H2,1-3H3,(H,26,28)/t18-,23-/m0/s1. The van der Waals surface area contributed by atoms with Gasteiger partial charge in [-0.25, -0.2) is 0 Å². The number of amides is 2. The van der Waals surface area contributed by atoms with Crippen LogP contribution in [0.5, 0.6) is 0 Å². The molecule has 0 aromatic heterocycles. The summed E-state index contributed by atoms with van der Waals surface area (Å²) in [7, 11) is 0. The van der Waals surface area contributed by atoms with Crippen molar-refractivity contribution in [1.82, 2.24) is 5.32 Å². The summed E-state index contributed by atoms with van der Waals surface area (Å²) in [5, 5.41) is 2.77. The highest BCUT2D eigenvalue weighted by molar-refractivity contribution is 8.01. The van der Waals surface area contributed by atoms with Crippen LogP contribution in [0.15, 0.2) is 47.4 Å².